The van der Waals surface area contributed by atoms with Gasteiger partial charge in [-0.15, -0.1) is 0 Å². The first-order valence-electron chi connectivity index (χ1n) is 7.57. The van der Waals surface area contributed by atoms with Crippen molar-refractivity contribution in [2.24, 2.45) is 5.92 Å². The molecular formula is C18H23NO. The van der Waals surface area contributed by atoms with Crippen LogP contribution >= 0.6 is 0 Å². The van der Waals surface area contributed by atoms with E-state index >= 15 is 0 Å². The maximum atomic E-state index is 5.85. The Hall–Kier alpha value is -1.54. The number of rotatable bonds is 5. The zero-order chi connectivity index (χ0) is 14.1. The smallest absolute Gasteiger partial charge is 0.134 e. The van der Waals surface area contributed by atoms with Gasteiger partial charge in [0.05, 0.1) is 0 Å². The minimum atomic E-state index is 0.550. The van der Waals surface area contributed by atoms with Gasteiger partial charge in [-0.1, -0.05) is 43.7 Å². The van der Waals surface area contributed by atoms with E-state index in [1.54, 1.807) is 0 Å². The molecule has 0 spiro atoms. The van der Waals surface area contributed by atoms with Gasteiger partial charge in [0.15, 0.2) is 0 Å². The van der Waals surface area contributed by atoms with E-state index in [-0.39, 0.29) is 0 Å². The lowest BCUT2D eigenvalue weighted by molar-refractivity contribution is 0.577. The van der Waals surface area contributed by atoms with Crippen molar-refractivity contribution in [2.45, 2.75) is 39.7 Å². The Bertz CT molecular complexity index is 632. The number of hydrogen-bond acceptors (Lipinski definition) is 2. The fourth-order valence-corrected chi connectivity index (χ4v) is 2.52. The van der Waals surface area contributed by atoms with Gasteiger partial charge >= 0.3 is 0 Å². The molecule has 1 saturated carbocycles. The van der Waals surface area contributed by atoms with E-state index in [0.717, 1.165) is 23.9 Å². The van der Waals surface area contributed by atoms with Crippen molar-refractivity contribution in [2.75, 3.05) is 6.54 Å². The Morgan fingerprint density at radius 2 is 2.10 bits per heavy atom. The van der Waals surface area contributed by atoms with Crippen molar-refractivity contribution in [1.82, 2.24) is 5.32 Å². The van der Waals surface area contributed by atoms with Crippen molar-refractivity contribution in [1.29, 1.82) is 0 Å². The molecule has 0 aliphatic heterocycles. The van der Waals surface area contributed by atoms with Crippen LogP contribution in [0.2, 0.25) is 0 Å². The summed E-state index contributed by atoms with van der Waals surface area (Å²) in [6, 6.07) is 9.03. The third kappa shape index (κ3) is 2.80. The summed E-state index contributed by atoms with van der Waals surface area (Å²) in [5.74, 6) is 1.56. The van der Waals surface area contributed by atoms with Gasteiger partial charge in [-0.25, -0.2) is 0 Å². The fourth-order valence-electron chi connectivity index (χ4n) is 2.52. The molecule has 0 saturated heterocycles. The second-order valence-electron chi connectivity index (χ2n) is 6.10. The lowest BCUT2D eigenvalue weighted by atomic mass is 9.99. The highest BCUT2D eigenvalue weighted by Crippen LogP contribution is 2.29. The normalized spacial score (nSPS) is 16.3. The summed E-state index contributed by atoms with van der Waals surface area (Å²) in [6.07, 6.45) is 4.99. The zero-order valence-corrected chi connectivity index (χ0v) is 12.6. The van der Waals surface area contributed by atoms with Gasteiger partial charge in [0.1, 0.15) is 11.3 Å². The molecule has 0 amide bonds. The number of aryl methyl sites for hydroxylation is 1. The van der Waals surface area contributed by atoms with Crippen molar-refractivity contribution >= 4 is 17.0 Å². The number of hydrogen-bond donors (Lipinski definition) is 1. The number of fused-ring (bicyclic) bond motifs is 1. The standard InChI is InChI=1S/C18H23NO/c1-12(2)14(11-19-15-8-9-15)10-17-13(3)20-18-7-5-4-6-16(17)18/h4-7,10,12,15,19H,8-9,11H2,1-3H3/b14-10+. The number of furan rings is 1. The molecule has 1 aliphatic rings. The largest absolute Gasteiger partial charge is 0.461 e. The number of nitrogens with one attached hydrogen (secondary N) is 1. The van der Waals surface area contributed by atoms with Gasteiger partial charge < -0.3 is 9.73 Å². The van der Waals surface area contributed by atoms with Crippen LogP contribution in [0.1, 0.15) is 38.0 Å². The van der Waals surface area contributed by atoms with Gasteiger partial charge in [-0.3, -0.25) is 0 Å². The molecule has 2 aromatic rings. The highest BCUT2D eigenvalue weighted by molar-refractivity contribution is 5.88. The Morgan fingerprint density at radius 1 is 1.35 bits per heavy atom. The van der Waals surface area contributed by atoms with E-state index in [0.29, 0.717) is 5.92 Å². The number of benzene rings is 1. The van der Waals surface area contributed by atoms with Crippen LogP contribution in [0.4, 0.5) is 0 Å². The Labute approximate surface area is 120 Å². The molecule has 1 fully saturated rings. The van der Waals surface area contributed by atoms with Crippen molar-refractivity contribution < 1.29 is 4.42 Å². The molecule has 3 rings (SSSR count). The quantitative estimate of drug-likeness (QED) is 0.862. The molecule has 0 unspecified atom stereocenters. The summed E-state index contributed by atoms with van der Waals surface area (Å²) in [5.41, 5.74) is 3.67. The molecule has 1 aromatic carbocycles. The van der Waals surface area contributed by atoms with Crippen LogP contribution in [0.3, 0.4) is 0 Å². The Kier molecular flexibility index (Phi) is 3.66. The van der Waals surface area contributed by atoms with Gasteiger partial charge in [0.25, 0.3) is 0 Å². The molecule has 1 aromatic heterocycles. The van der Waals surface area contributed by atoms with E-state index in [1.807, 2.05) is 12.1 Å². The molecule has 1 heterocycles. The van der Waals surface area contributed by atoms with E-state index in [4.69, 9.17) is 4.42 Å². The average molecular weight is 269 g/mol. The monoisotopic (exact) mass is 269 g/mol. The minimum absolute atomic E-state index is 0.550. The van der Waals surface area contributed by atoms with Crippen molar-refractivity contribution in [3.8, 4) is 0 Å². The molecule has 1 N–H and O–H groups in total. The predicted molar refractivity (Wildman–Crippen MR) is 84.8 cm³/mol. The molecule has 0 radical (unpaired) electrons. The van der Waals surface area contributed by atoms with Crippen LogP contribution in [0.5, 0.6) is 0 Å². The van der Waals surface area contributed by atoms with Gasteiger partial charge in [-0.05, 0) is 31.7 Å². The van der Waals surface area contributed by atoms with E-state index in [2.05, 4.69) is 44.3 Å². The van der Waals surface area contributed by atoms with Crippen LogP contribution in [-0.2, 0) is 0 Å². The second kappa shape index (κ2) is 5.45. The first-order valence-corrected chi connectivity index (χ1v) is 7.57. The molecule has 1 aliphatic carbocycles. The predicted octanol–water partition coefficient (Wildman–Crippen LogP) is 4.53. The SMILES string of the molecule is Cc1oc2ccccc2c1/C=C(\CNC1CC1)C(C)C. The van der Waals surface area contributed by atoms with Crippen LogP contribution in [-0.4, -0.2) is 12.6 Å². The lowest BCUT2D eigenvalue weighted by Gasteiger charge is -2.12. The van der Waals surface area contributed by atoms with Crippen molar-refractivity contribution in [3.63, 3.8) is 0 Å². The molecule has 2 nitrogen and oxygen atoms in total. The molecular weight excluding hydrogens is 246 g/mol. The van der Waals surface area contributed by atoms with E-state index in [1.165, 1.54) is 29.4 Å². The zero-order valence-electron chi connectivity index (χ0n) is 12.6. The lowest BCUT2D eigenvalue weighted by Crippen LogP contribution is -2.21. The number of para-hydroxylation sites is 1. The second-order valence-corrected chi connectivity index (χ2v) is 6.10. The Morgan fingerprint density at radius 3 is 2.80 bits per heavy atom. The van der Waals surface area contributed by atoms with Crippen molar-refractivity contribution in [3.05, 3.63) is 41.2 Å². The minimum Gasteiger partial charge on any atom is -0.461 e. The Balaban J connectivity index is 1.94. The van der Waals surface area contributed by atoms with Gasteiger partial charge in [0, 0.05) is 23.5 Å². The van der Waals surface area contributed by atoms with Gasteiger partial charge in [0.2, 0.25) is 0 Å². The summed E-state index contributed by atoms with van der Waals surface area (Å²) in [7, 11) is 0. The molecule has 0 bridgehead atoms. The summed E-state index contributed by atoms with van der Waals surface area (Å²) >= 11 is 0. The maximum absolute atomic E-state index is 5.85. The summed E-state index contributed by atoms with van der Waals surface area (Å²) < 4.78 is 5.85. The van der Waals surface area contributed by atoms with Gasteiger partial charge in [-0.2, -0.15) is 0 Å². The molecule has 20 heavy (non-hydrogen) atoms. The first-order chi connectivity index (χ1) is 9.65. The highest BCUT2D eigenvalue weighted by Gasteiger charge is 2.21. The van der Waals surface area contributed by atoms with E-state index in [9.17, 15) is 0 Å². The maximum Gasteiger partial charge on any atom is 0.134 e. The molecule has 0 atom stereocenters. The average Bonchev–Trinajstić information content (AvgIpc) is 3.18. The first kappa shape index (κ1) is 13.4. The van der Waals surface area contributed by atoms with Crippen LogP contribution in [0, 0.1) is 12.8 Å². The summed E-state index contributed by atoms with van der Waals surface area (Å²) in [4.78, 5) is 0. The van der Waals surface area contributed by atoms with Crippen LogP contribution < -0.4 is 5.32 Å². The molecule has 2 heteroatoms. The molecule has 106 valence electrons. The summed E-state index contributed by atoms with van der Waals surface area (Å²) in [6.45, 7) is 7.56. The highest BCUT2D eigenvalue weighted by atomic mass is 16.3. The van der Waals surface area contributed by atoms with Crippen LogP contribution in [0.25, 0.3) is 17.0 Å². The van der Waals surface area contributed by atoms with E-state index < -0.39 is 0 Å². The van der Waals surface area contributed by atoms with Crippen LogP contribution in [0.15, 0.2) is 34.3 Å². The third-order valence-electron chi connectivity index (χ3n) is 4.06. The summed E-state index contributed by atoms with van der Waals surface area (Å²) in [5, 5.41) is 4.84. The topological polar surface area (TPSA) is 25.2 Å². The third-order valence-corrected chi connectivity index (χ3v) is 4.06. The fraction of sp³-hybridized carbons (Fsp3) is 0.444.